The highest BCUT2D eigenvalue weighted by atomic mass is 35.5. The van der Waals surface area contributed by atoms with E-state index in [2.05, 4.69) is 11.9 Å². The third-order valence-electron chi connectivity index (χ3n) is 3.62. The average molecular weight is 282 g/mol. The first-order valence-electron chi connectivity index (χ1n) is 6.51. The van der Waals surface area contributed by atoms with Gasteiger partial charge in [-0.2, -0.15) is 0 Å². The van der Waals surface area contributed by atoms with E-state index >= 15 is 0 Å². The highest BCUT2D eigenvalue weighted by Gasteiger charge is 2.26. The molecule has 102 valence electrons. The summed E-state index contributed by atoms with van der Waals surface area (Å²) in [7, 11) is -0.760. The molecule has 0 amide bonds. The summed E-state index contributed by atoms with van der Waals surface area (Å²) in [5, 5.41) is 0.233. The van der Waals surface area contributed by atoms with Crippen molar-refractivity contribution in [2.75, 3.05) is 25.1 Å². The summed E-state index contributed by atoms with van der Waals surface area (Å²) >= 11 is 6.31. The fourth-order valence-corrected chi connectivity index (χ4v) is 3.74. The number of hydrogen-bond acceptors (Lipinski definition) is 3. The molecule has 0 aromatic rings. The van der Waals surface area contributed by atoms with Gasteiger partial charge >= 0.3 is 0 Å². The Kier molecular flexibility index (Phi) is 6.24. The molecule has 1 fully saturated rings. The molecule has 1 aliphatic rings. The lowest BCUT2D eigenvalue weighted by Crippen LogP contribution is -2.41. The number of sulfone groups is 1. The molecule has 1 saturated carbocycles. The molecule has 0 aromatic heterocycles. The lowest BCUT2D eigenvalue weighted by atomic mass is 9.94. The molecule has 3 nitrogen and oxygen atoms in total. The Balaban J connectivity index is 2.31. The van der Waals surface area contributed by atoms with Crippen molar-refractivity contribution >= 4 is 21.4 Å². The SMILES string of the molecule is CCS(=O)(=O)CCCN(C)C1CCCCC1Cl. The Morgan fingerprint density at radius 1 is 1.29 bits per heavy atom. The molecule has 1 aliphatic carbocycles. The van der Waals surface area contributed by atoms with Gasteiger partial charge in [0.2, 0.25) is 0 Å². The number of alkyl halides is 1. The molecular weight excluding hydrogens is 258 g/mol. The first kappa shape index (κ1) is 15.3. The van der Waals surface area contributed by atoms with Gasteiger partial charge in [-0.1, -0.05) is 19.8 Å². The van der Waals surface area contributed by atoms with E-state index in [1.54, 1.807) is 6.92 Å². The van der Waals surface area contributed by atoms with E-state index in [0.29, 0.717) is 18.2 Å². The zero-order valence-electron chi connectivity index (χ0n) is 10.9. The summed E-state index contributed by atoms with van der Waals surface area (Å²) in [6.45, 7) is 2.53. The van der Waals surface area contributed by atoms with E-state index in [1.807, 2.05) is 0 Å². The Hall–Kier alpha value is 0.200. The van der Waals surface area contributed by atoms with Crippen LogP contribution in [0.1, 0.15) is 39.0 Å². The Morgan fingerprint density at radius 3 is 2.53 bits per heavy atom. The van der Waals surface area contributed by atoms with Crippen molar-refractivity contribution in [1.29, 1.82) is 0 Å². The molecule has 2 atom stereocenters. The molecule has 0 heterocycles. The van der Waals surface area contributed by atoms with Gasteiger partial charge in [-0.15, -0.1) is 11.6 Å². The van der Waals surface area contributed by atoms with Gasteiger partial charge in [0, 0.05) is 17.2 Å². The molecule has 0 saturated heterocycles. The van der Waals surface area contributed by atoms with Gasteiger partial charge in [-0.3, -0.25) is 0 Å². The minimum absolute atomic E-state index is 0.233. The van der Waals surface area contributed by atoms with Crippen LogP contribution in [-0.2, 0) is 9.84 Å². The third-order valence-corrected chi connectivity index (χ3v) is 5.92. The summed E-state index contributed by atoms with van der Waals surface area (Å²) in [4.78, 5) is 2.24. The van der Waals surface area contributed by atoms with Gasteiger partial charge in [0.05, 0.1) is 5.75 Å². The first-order chi connectivity index (χ1) is 7.96. The minimum atomic E-state index is -2.82. The second-order valence-electron chi connectivity index (χ2n) is 4.94. The standard InChI is InChI=1S/C12H24ClNO2S/c1-3-17(15,16)10-6-9-14(2)12-8-5-4-7-11(12)13/h11-12H,3-10H2,1-2H3. The van der Waals surface area contributed by atoms with Crippen LogP contribution >= 0.6 is 11.6 Å². The Labute approximate surface area is 110 Å². The third kappa shape index (κ3) is 5.14. The molecule has 0 aromatic carbocycles. The maximum absolute atomic E-state index is 11.4. The van der Waals surface area contributed by atoms with E-state index in [9.17, 15) is 8.42 Å². The van der Waals surface area contributed by atoms with E-state index in [1.165, 1.54) is 12.8 Å². The Morgan fingerprint density at radius 2 is 1.94 bits per heavy atom. The van der Waals surface area contributed by atoms with Gasteiger partial charge in [0.1, 0.15) is 9.84 Å². The lowest BCUT2D eigenvalue weighted by Gasteiger charge is -2.34. The molecule has 17 heavy (non-hydrogen) atoms. The predicted octanol–water partition coefficient (Wildman–Crippen LogP) is 2.29. The number of halogens is 1. The van der Waals surface area contributed by atoms with E-state index in [-0.39, 0.29) is 11.1 Å². The van der Waals surface area contributed by atoms with Crippen molar-refractivity contribution in [2.24, 2.45) is 0 Å². The Bertz CT molecular complexity index is 318. The zero-order chi connectivity index (χ0) is 12.9. The molecule has 0 radical (unpaired) electrons. The summed E-state index contributed by atoms with van der Waals surface area (Å²) in [5.74, 6) is 0.547. The summed E-state index contributed by atoms with van der Waals surface area (Å²) in [5.41, 5.74) is 0. The van der Waals surface area contributed by atoms with Crippen LogP contribution in [-0.4, -0.2) is 49.8 Å². The summed E-state index contributed by atoms with van der Waals surface area (Å²) in [6.07, 6.45) is 5.41. The molecule has 0 aliphatic heterocycles. The summed E-state index contributed by atoms with van der Waals surface area (Å²) < 4.78 is 22.8. The van der Waals surface area contributed by atoms with Gasteiger partial charge in [0.15, 0.2) is 0 Å². The number of rotatable bonds is 6. The van der Waals surface area contributed by atoms with Gasteiger partial charge in [-0.05, 0) is 32.9 Å². The van der Waals surface area contributed by atoms with Crippen LogP contribution in [0, 0.1) is 0 Å². The number of hydrogen-bond donors (Lipinski definition) is 0. The van der Waals surface area contributed by atoms with Crippen molar-refractivity contribution in [3.05, 3.63) is 0 Å². The fourth-order valence-electron chi connectivity index (χ4n) is 2.41. The molecule has 2 unspecified atom stereocenters. The van der Waals surface area contributed by atoms with Crippen molar-refractivity contribution in [2.45, 2.75) is 50.4 Å². The van der Waals surface area contributed by atoms with Crippen molar-refractivity contribution in [1.82, 2.24) is 4.90 Å². The monoisotopic (exact) mass is 281 g/mol. The first-order valence-corrected chi connectivity index (χ1v) is 8.77. The molecule has 5 heteroatoms. The van der Waals surface area contributed by atoms with Crippen LogP contribution in [0.3, 0.4) is 0 Å². The second kappa shape index (κ2) is 6.95. The highest BCUT2D eigenvalue weighted by Crippen LogP contribution is 2.26. The van der Waals surface area contributed by atoms with Crippen LogP contribution < -0.4 is 0 Å². The number of nitrogens with zero attached hydrogens (tertiary/aromatic N) is 1. The van der Waals surface area contributed by atoms with Crippen molar-refractivity contribution in [3.63, 3.8) is 0 Å². The molecule has 0 bridgehead atoms. The van der Waals surface area contributed by atoms with E-state index < -0.39 is 9.84 Å². The van der Waals surface area contributed by atoms with Gasteiger partial charge in [-0.25, -0.2) is 8.42 Å². The smallest absolute Gasteiger partial charge is 0.150 e. The van der Waals surface area contributed by atoms with Crippen LogP contribution in [0.15, 0.2) is 0 Å². The maximum Gasteiger partial charge on any atom is 0.150 e. The quantitative estimate of drug-likeness (QED) is 0.701. The topological polar surface area (TPSA) is 37.4 Å². The highest BCUT2D eigenvalue weighted by molar-refractivity contribution is 7.91. The van der Waals surface area contributed by atoms with Crippen molar-refractivity contribution < 1.29 is 8.42 Å². The molecule has 0 spiro atoms. The predicted molar refractivity (Wildman–Crippen MR) is 73.5 cm³/mol. The van der Waals surface area contributed by atoms with Crippen LogP contribution in [0.5, 0.6) is 0 Å². The molecular formula is C12H24ClNO2S. The van der Waals surface area contributed by atoms with Gasteiger partial charge in [0.25, 0.3) is 0 Å². The summed E-state index contributed by atoms with van der Waals surface area (Å²) in [6, 6.07) is 0.426. The van der Waals surface area contributed by atoms with Crippen LogP contribution in [0.2, 0.25) is 0 Å². The van der Waals surface area contributed by atoms with E-state index in [4.69, 9.17) is 11.6 Å². The molecule has 0 N–H and O–H groups in total. The fraction of sp³-hybridized carbons (Fsp3) is 1.00. The average Bonchev–Trinajstić information content (AvgIpc) is 2.29. The zero-order valence-corrected chi connectivity index (χ0v) is 12.4. The minimum Gasteiger partial charge on any atom is -0.302 e. The molecule has 1 rings (SSSR count). The van der Waals surface area contributed by atoms with Crippen LogP contribution in [0.4, 0.5) is 0 Å². The van der Waals surface area contributed by atoms with Crippen LogP contribution in [0.25, 0.3) is 0 Å². The lowest BCUT2D eigenvalue weighted by molar-refractivity contribution is 0.196. The van der Waals surface area contributed by atoms with Crippen molar-refractivity contribution in [3.8, 4) is 0 Å². The maximum atomic E-state index is 11.4. The second-order valence-corrected chi connectivity index (χ2v) is 7.97. The van der Waals surface area contributed by atoms with Gasteiger partial charge < -0.3 is 4.90 Å². The largest absolute Gasteiger partial charge is 0.302 e. The normalized spacial score (nSPS) is 26.4. The van der Waals surface area contributed by atoms with E-state index in [0.717, 1.165) is 19.4 Å².